The maximum atomic E-state index is 13.8. The van der Waals surface area contributed by atoms with Crippen LogP contribution < -0.4 is 0 Å². The van der Waals surface area contributed by atoms with E-state index >= 15 is 0 Å². The lowest BCUT2D eigenvalue weighted by Crippen LogP contribution is -2.36. The Hall–Kier alpha value is -1.66. The molecule has 0 spiro atoms. The molecule has 1 aromatic carbocycles. The maximum Gasteiger partial charge on any atom is 0.246 e. The first-order valence-corrected chi connectivity index (χ1v) is 8.08. The minimum absolute atomic E-state index is 0.0716. The van der Waals surface area contributed by atoms with Crippen LogP contribution in [0.4, 0.5) is 4.39 Å². The Labute approximate surface area is 124 Å². The summed E-state index contributed by atoms with van der Waals surface area (Å²) in [4.78, 5) is -0.318. The molecule has 1 aromatic heterocycles. The molecule has 21 heavy (non-hydrogen) atoms. The van der Waals surface area contributed by atoms with E-state index in [0.717, 1.165) is 6.07 Å². The molecule has 0 unspecified atom stereocenters. The molecular formula is C15H18FNO3S. The van der Waals surface area contributed by atoms with Crippen molar-refractivity contribution in [2.24, 2.45) is 0 Å². The summed E-state index contributed by atoms with van der Waals surface area (Å²) in [5, 5.41) is 0. The number of rotatable bonds is 5. The second kappa shape index (κ2) is 5.99. The van der Waals surface area contributed by atoms with Crippen molar-refractivity contribution in [1.29, 1.82) is 0 Å². The van der Waals surface area contributed by atoms with Crippen LogP contribution in [0.5, 0.6) is 0 Å². The largest absolute Gasteiger partial charge is 0.465 e. The van der Waals surface area contributed by atoms with Crippen molar-refractivity contribution in [3.63, 3.8) is 0 Å². The van der Waals surface area contributed by atoms with Gasteiger partial charge >= 0.3 is 0 Å². The van der Waals surface area contributed by atoms with E-state index in [1.807, 2.05) is 0 Å². The Kier molecular flexibility index (Phi) is 4.49. The molecule has 0 saturated heterocycles. The van der Waals surface area contributed by atoms with Crippen LogP contribution in [0.15, 0.2) is 45.7 Å². The summed E-state index contributed by atoms with van der Waals surface area (Å²) < 4.78 is 45.8. The number of furan rings is 1. The highest BCUT2D eigenvalue weighted by atomic mass is 32.2. The summed E-state index contributed by atoms with van der Waals surface area (Å²) in [7, 11) is -3.92. The van der Waals surface area contributed by atoms with E-state index in [9.17, 15) is 12.8 Å². The van der Waals surface area contributed by atoms with Gasteiger partial charge in [-0.2, -0.15) is 4.31 Å². The molecule has 0 aliphatic rings. The van der Waals surface area contributed by atoms with Crippen molar-refractivity contribution >= 4 is 10.0 Å². The van der Waals surface area contributed by atoms with Gasteiger partial charge in [0.15, 0.2) is 0 Å². The first-order valence-electron chi connectivity index (χ1n) is 6.64. The number of hydrogen-bond donors (Lipinski definition) is 0. The summed E-state index contributed by atoms with van der Waals surface area (Å²) in [5.41, 5.74) is 0. The fourth-order valence-corrected chi connectivity index (χ4v) is 3.72. The van der Waals surface area contributed by atoms with Crippen LogP contribution in [0, 0.1) is 12.7 Å². The zero-order chi connectivity index (χ0) is 15.6. The predicted molar refractivity (Wildman–Crippen MR) is 77.7 cm³/mol. The Morgan fingerprint density at radius 2 is 1.86 bits per heavy atom. The summed E-state index contributed by atoms with van der Waals surface area (Å²) in [6, 6.07) is 8.55. The van der Waals surface area contributed by atoms with E-state index in [1.54, 1.807) is 32.9 Å². The zero-order valence-electron chi connectivity index (χ0n) is 12.2. The average molecular weight is 311 g/mol. The molecule has 0 N–H and O–H groups in total. The lowest BCUT2D eigenvalue weighted by atomic mass is 10.3. The molecule has 0 radical (unpaired) electrons. The lowest BCUT2D eigenvalue weighted by molar-refractivity contribution is 0.313. The van der Waals surface area contributed by atoms with Gasteiger partial charge in [-0.15, -0.1) is 0 Å². The highest BCUT2D eigenvalue weighted by molar-refractivity contribution is 7.89. The van der Waals surface area contributed by atoms with Crippen molar-refractivity contribution in [2.45, 2.75) is 38.3 Å². The molecule has 4 nitrogen and oxygen atoms in total. The monoisotopic (exact) mass is 311 g/mol. The molecule has 2 aromatic rings. The average Bonchev–Trinajstić information content (AvgIpc) is 2.81. The first-order chi connectivity index (χ1) is 9.82. The van der Waals surface area contributed by atoms with Gasteiger partial charge in [0.2, 0.25) is 10.0 Å². The van der Waals surface area contributed by atoms with E-state index in [0.29, 0.717) is 11.5 Å². The smallest absolute Gasteiger partial charge is 0.246 e. The first kappa shape index (κ1) is 15.7. The third-order valence-corrected chi connectivity index (χ3v) is 5.16. The van der Waals surface area contributed by atoms with Gasteiger partial charge in [0.25, 0.3) is 0 Å². The second-order valence-corrected chi connectivity index (χ2v) is 6.95. The van der Waals surface area contributed by atoms with Gasteiger partial charge in [0, 0.05) is 6.04 Å². The molecule has 0 fully saturated rings. The van der Waals surface area contributed by atoms with Gasteiger partial charge in [-0.25, -0.2) is 12.8 Å². The third-order valence-electron chi connectivity index (χ3n) is 3.11. The van der Waals surface area contributed by atoms with Crippen LogP contribution in [0.3, 0.4) is 0 Å². The normalized spacial score (nSPS) is 12.3. The number of benzene rings is 1. The molecule has 0 atom stereocenters. The maximum absolute atomic E-state index is 13.8. The summed E-state index contributed by atoms with van der Waals surface area (Å²) >= 11 is 0. The van der Waals surface area contributed by atoms with E-state index in [-0.39, 0.29) is 17.5 Å². The Morgan fingerprint density at radius 1 is 1.19 bits per heavy atom. The zero-order valence-corrected chi connectivity index (χ0v) is 13.0. The predicted octanol–water partition coefficient (Wildman–Crippen LogP) is 3.33. The number of aryl methyl sites for hydroxylation is 1. The molecule has 0 saturated carbocycles. The van der Waals surface area contributed by atoms with Crippen LogP contribution in [0.25, 0.3) is 0 Å². The highest BCUT2D eigenvalue weighted by Crippen LogP contribution is 2.23. The van der Waals surface area contributed by atoms with Crippen molar-refractivity contribution in [3.05, 3.63) is 53.7 Å². The topological polar surface area (TPSA) is 50.5 Å². The van der Waals surface area contributed by atoms with Crippen molar-refractivity contribution < 1.29 is 17.2 Å². The molecule has 114 valence electrons. The molecular weight excluding hydrogens is 293 g/mol. The van der Waals surface area contributed by atoms with Gasteiger partial charge in [0.05, 0.1) is 6.54 Å². The van der Waals surface area contributed by atoms with Gasteiger partial charge in [-0.05, 0) is 45.0 Å². The highest BCUT2D eigenvalue weighted by Gasteiger charge is 2.30. The fraction of sp³-hybridized carbons (Fsp3) is 0.333. The quantitative estimate of drug-likeness (QED) is 0.851. The summed E-state index contributed by atoms with van der Waals surface area (Å²) in [5.74, 6) is 0.483. The van der Waals surface area contributed by atoms with Gasteiger partial charge < -0.3 is 4.42 Å². The molecule has 2 rings (SSSR count). The fourth-order valence-electron chi connectivity index (χ4n) is 2.05. The van der Waals surface area contributed by atoms with Crippen molar-refractivity contribution in [2.75, 3.05) is 0 Å². The standard InChI is InChI=1S/C15H18FNO3S/c1-11(2)17(10-13-9-8-12(3)20-13)21(18,19)15-7-5-4-6-14(15)16/h4-9,11H,10H2,1-3H3. The SMILES string of the molecule is Cc1ccc(CN(C(C)C)S(=O)(=O)c2ccccc2F)o1. The Morgan fingerprint density at radius 3 is 2.38 bits per heavy atom. The van der Waals surface area contributed by atoms with Gasteiger partial charge in [-0.3, -0.25) is 0 Å². The molecule has 1 heterocycles. The van der Waals surface area contributed by atoms with E-state index < -0.39 is 15.8 Å². The van der Waals surface area contributed by atoms with E-state index in [4.69, 9.17) is 4.42 Å². The lowest BCUT2D eigenvalue weighted by Gasteiger charge is -2.25. The molecule has 0 amide bonds. The van der Waals surface area contributed by atoms with Crippen molar-refractivity contribution in [3.8, 4) is 0 Å². The van der Waals surface area contributed by atoms with Crippen LogP contribution in [-0.2, 0) is 16.6 Å². The van der Waals surface area contributed by atoms with Gasteiger partial charge in [-0.1, -0.05) is 12.1 Å². The number of hydrogen-bond acceptors (Lipinski definition) is 3. The van der Waals surface area contributed by atoms with Crippen LogP contribution >= 0.6 is 0 Å². The Balaban J connectivity index is 2.40. The van der Waals surface area contributed by atoms with Crippen LogP contribution in [-0.4, -0.2) is 18.8 Å². The summed E-state index contributed by atoms with van der Waals surface area (Å²) in [6.07, 6.45) is 0. The molecule has 0 bridgehead atoms. The van der Waals surface area contributed by atoms with Gasteiger partial charge in [0.1, 0.15) is 22.2 Å². The van der Waals surface area contributed by atoms with Crippen LogP contribution in [0.2, 0.25) is 0 Å². The summed E-state index contributed by atoms with van der Waals surface area (Å²) in [6.45, 7) is 5.35. The minimum atomic E-state index is -3.92. The minimum Gasteiger partial charge on any atom is -0.465 e. The number of halogens is 1. The Bertz CT molecular complexity index is 722. The molecule has 0 aliphatic carbocycles. The van der Waals surface area contributed by atoms with E-state index in [2.05, 4.69) is 0 Å². The molecule has 0 aliphatic heterocycles. The number of nitrogens with zero attached hydrogens (tertiary/aromatic N) is 1. The number of sulfonamides is 1. The van der Waals surface area contributed by atoms with Crippen molar-refractivity contribution in [1.82, 2.24) is 4.31 Å². The third kappa shape index (κ3) is 3.33. The van der Waals surface area contributed by atoms with Crippen LogP contribution in [0.1, 0.15) is 25.4 Å². The molecule has 6 heteroatoms. The second-order valence-electron chi connectivity index (χ2n) is 5.09. The van der Waals surface area contributed by atoms with E-state index in [1.165, 1.54) is 22.5 Å².